The van der Waals surface area contributed by atoms with Gasteiger partial charge in [-0.3, -0.25) is 9.59 Å². The number of esters is 1. The third-order valence-electron chi connectivity index (χ3n) is 4.36. The Hall–Kier alpha value is -2.67. The molecule has 2 aromatic rings. The van der Waals surface area contributed by atoms with Crippen molar-refractivity contribution in [3.05, 3.63) is 57.8 Å². The van der Waals surface area contributed by atoms with Crippen LogP contribution >= 0.6 is 11.3 Å². The number of benzene rings is 1. The van der Waals surface area contributed by atoms with Crippen molar-refractivity contribution in [3.63, 3.8) is 0 Å². The van der Waals surface area contributed by atoms with Gasteiger partial charge in [0.1, 0.15) is 0 Å². The lowest BCUT2D eigenvalue weighted by Gasteiger charge is -2.22. The Balaban J connectivity index is 1.63. The summed E-state index contributed by atoms with van der Waals surface area (Å²) >= 11 is 1.41. The summed E-state index contributed by atoms with van der Waals surface area (Å²) in [5.41, 5.74) is 1.41. The van der Waals surface area contributed by atoms with E-state index in [-0.39, 0.29) is 17.8 Å². The zero-order valence-corrected chi connectivity index (χ0v) is 15.3. The van der Waals surface area contributed by atoms with Gasteiger partial charge in [0.2, 0.25) is 5.91 Å². The summed E-state index contributed by atoms with van der Waals surface area (Å²) in [6, 6.07) is 10.7. The second-order valence-corrected chi connectivity index (χ2v) is 6.97. The van der Waals surface area contributed by atoms with Gasteiger partial charge < -0.3 is 14.5 Å². The highest BCUT2D eigenvalue weighted by Gasteiger charge is 2.25. The molecular formula is C19H20N2O4S. The van der Waals surface area contributed by atoms with Crippen molar-refractivity contribution in [2.75, 3.05) is 26.7 Å². The van der Waals surface area contributed by atoms with Crippen LogP contribution in [0.5, 0.6) is 0 Å². The summed E-state index contributed by atoms with van der Waals surface area (Å²) in [6.45, 7) is 1.91. The van der Waals surface area contributed by atoms with Crippen LogP contribution < -0.4 is 0 Å². The van der Waals surface area contributed by atoms with Crippen LogP contribution in [0, 0.1) is 0 Å². The molecule has 0 aliphatic carbocycles. The second-order valence-electron chi connectivity index (χ2n) is 6.02. The van der Waals surface area contributed by atoms with E-state index in [9.17, 15) is 14.4 Å². The van der Waals surface area contributed by atoms with Gasteiger partial charge in [-0.2, -0.15) is 0 Å². The van der Waals surface area contributed by atoms with Crippen LogP contribution in [0.15, 0.2) is 41.8 Å². The molecular weight excluding hydrogens is 352 g/mol. The molecule has 0 N–H and O–H groups in total. The Labute approximate surface area is 156 Å². The van der Waals surface area contributed by atoms with Gasteiger partial charge in [0.15, 0.2) is 0 Å². The number of rotatable bonds is 4. The Morgan fingerprint density at radius 3 is 2.54 bits per heavy atom. The molecule has 0 spiro atoms. The fourth-order valence-electron chi connectivity index (χ4n) is 2.88. The van der Waals surface area contributed by atoms with Gasteiger partial charge in [-0.1, -0.05) is 18.2 Å². The monoisotopic (exact) mass is 372 g/mol. The van der Waals surface area contributed by atoms with E-state index in [2.05, 4.69) is 4.74 Å². The van der Waals surface area contributed by atoms with Gasteiger partial charge in [0, 0.05) is 32.6 Å². The van der Waals surface area contributed by atoms with Crippen LogP contribution in [0.2, 0.25) is 0 Å². The van der Waals surface area contributed by atoms with Gasteiger partial charge >= 0.3 is 5.97 Å². The van der Waals surface area contributed by atoms with E-state index in [1.165, 1.54) is 18.4 Å². The molecule has 1 aromatic carbocycles. The second kappa shape index (κ2) is 8.14. The summed E-state index contributed by atoms with van der Waals surface area (Å²) in [6.07, 6.45) is 0.317. The van der Waals surface area contributed by atoms with E-state index in [1.807, 2.05) is 23.6 Å². The molecule has 0 atom stereocenters. The average Bonchev–Trinajstić information content (AvgIpc) is 3.14. The van der Waals surface area contributed by atoms with Gasteiger partial charge in [-0.05, 0) is 29.1 Å². The number of ether oxygens (including phenoxy) is 1. The largest absolute Gasteiger partial charge is 0.465 e. The van der Waals surface area contributed by atoms with Crippen LogP contribution in [0.1, 0.15) is 32.0 Å². The number of methoxy groups -OCH3 is 1. The molecule has 0 unspecified atom stereocenters. The maximum absolute atomic E-state index is 12.5. The smallest absolute Gasteiger partial charge is 0.337 e. The van der Waals surface area contributed by atoms with Crippen molar-refractivity contribution in [1.82, 2.24) is 9.80 Å². The van der Waals surface area contributed by atoms with Gasteiger partial charge in [-0.15, -0.1) is 11.3 Å². The minimum absolute atomic E-state index is 0.0166. The number of hydrogen-bond acceptors (Lipinski definition) is 5. The molecule has 0 radical (unpaired) electrons. The fraction of sp³-hybridized carbons (Fsp3) is 0.316. The molecule has 6 nitrogen and oxygen atoms in total. The van der Waals surface area contributed by atoms with E-state index >= 15 is 0 Å². The molecule has 0 saturated carbocycles. The number of hydrogen-bond donors (Lipinski definition) is 0. The van der Waals surface area contributed by atoms with Gasteiger partial charge in [0.05, 0.1) is 17.6 Å². The Bertz CT molecular complexity index is 786. The van der Waals surface area contributed by atoms with Crippen LogP contribution in [-0.4, -0.2) is 54.3 Å². The molecule has 3 rings (SSSR count). The lowest BCUT2D eigenvalue weighted by atomic mass is 10.1. The number of carbonyl (C=O) groups is 3. The third kappa shape index (κ3) is 4.11. The standard InChI is InChI=1S/C19H20N2O4S/c1-25-19(24)15-6-4-14(5-7-15)13-21-11-10-20(9-8-17(21)22)18(23)16-3-2-12-26-16/h2-7,12H,8-11,13H2,1H3. The molecule has 1 aromatic heterocycles. The normalized spacial score (nSPS) is 14.9. The van der Waals surface area contributed by atoms with Crippen LogP contribution in [-0.2, 0) is 16.1 Å². The predicted octanol–water partition coefficient (Wildman–Crippen LogP) is 2.41. The quantitative estimate of drug-likeness (QED) is 0.773. The van der Waals surface area contributed by atoms with E-state index in [0.29, 0.717) is 43.0 Å². The molecule has 26 heavy (non-hydrogen) atoms. The van der Waals surface area contributed by atoms with Crippen molar-refractivity contribution in [3.8, 4) is 0 Å². The molecule has 7 heteroatoms. The zero-order chi connectivity index (χ0) is 18.5. The lowest BCUT2D eigenvalue weighted by Crippen LogP contribution is -2.35. The number of carbonyl (C=O) groups excluding carboxylic acids is 3. The minimum atomic E-state index is -0.384. The Kier molecular flexibility index (Phi) is 5.68. The summed E-state index contributed by atoms with van der Waals surface area (Å²) in [5, 5.41) is 1.88. The van der Waals surface area contributed by atoms with E-state index in [4.69, 9.17) is 0 Å². The predicted molar refractivity (Wildman–Crippen MR) is 98.0 cm³/mol. The lowest BCUT2D eigenvalue weighted by molar-refractivity contribution is -0.130. The first-order chi connectivity index (χ1) is 12.6. The van der Waals surface area contributed by atoms with Crippen molar-refractivity contribution in [1.29, 1.82) is 0 Å². The fourth-order valence-corrected chi connectivity index (χ4v) is 3.57. The highest BCUT2D eigenvalue weighted by molar-refractivity contribution is 7.12. The Morgan fingerprint density at radius 2 is 1.88 bits per heavy atom. The SMILES string of the molecule is COC(=O)c1ccc(CN2CCN(C(=O)c3cccs3)CCC2=O)cc1. The number of nitrogens with zero attached hydrogens (tertiary/aromatic N) is 2. The molecule has 1 aliphatic rings. The van der Waals surface area contributed by atoms with Crippen LogP contribution in [0.4, 0.5) is 0 Å². The van der Waals surface area contributed by atoms with Crippen molar-refractivity contribution < 1.29 is 19.1 Å². The maximum Gasteiger partial charge on any atom is 0.337 e. The summed E-state index contributed by atoms with van der Waals surface area (Å²) < 4.78 is 4.68. The third-order valence-corrected chi connectivity index (χ3v) is 5.21. The van der Waals surface area contributed by atoms with Crippen molar-refractivity contribution in [2.45, 2.75) is 13.0 Å². The average molecular weight is 372 g/mol. The molecule has 1 saturated heterocycles. The maximum atomic E-state index is 12.5. The van der Waals surface area contributed by atoms with E-state index in [1.54, 1.807) is 28.0 Å². The van der Waals surface area contributed by atoms with E-state index < -0.39 is 0 Å². The highest BCUT2D eigenvalue weighted by atomic mass is 32.1. The molecule has 0 bridgehead atoms. The first-order valence-electron chi connectivity index (χ1n) is 8.36. The summed E-state index contributed by atoms with van der Waals surface area (Å²) in [7, 11) is 1.34. The first-order valence-corrected chi connectivity index (χ1v) is 9.24. The topological polar surface area (TPSA) is 66.9 Å². The first kappa shape index (κ1) is 18.1. The van der Waals surface area contributed by atoms with Crippen LogP contribution in [0.3, 0.4) is 0 Å². The zero-order valence-electron chi connectivity index (χ0n) is 14.5. The minimum Gasteiger partial charge on any atom is -0.465 e. The molecule has 1 fully saturated rings. The van der Waals surface area contributed by atoms with Gasteiger partial charge in [-0.25, -0.2) is 4.79 Å². The molecule has 136 valence electrons. The van der Waals surface area contributed by atoms with E-state index in [0.717, 1.165) is 5.56 Å². The Morgan fingerprint density at radius 1 is 1.12 bits per heavy atom. The van der Waals surface area contributed by atoms with Gasteiger partial charge in [0.25, 0.3) is 5.91 Å². The number of amides is 2. The molecule has 1 aliphatic heterocycles. The van der Waals surface area contributed by atoms with Crippen molar-refractivity contribution in [2.24, 2.45) is 0 Å². The number of thiophene rings is 1. The highest BCUT2D eigenvalue weighted by Crippen LogP contribution is 2.16. The molecule has 2 amide bonds. The van der Waals surface area contributed by atoms with Crippen molar-refractivity contribution >= 4 is 29.1 Å². The molecule has 2 heterocycles. The summed E-state index contributed by atoms with van der Waals surface area (Å²) in [5.74, 6) is -0.370. The van der Waals surface area contributed by atoms with Crippen LogP contribution in [0.25, 0.3) is 0 Å². The summed E-state index contributed by atoms with van der Waals surface area (Å²) in [4.78, 5) is 40.6.